The molecule has 3 atom stereocenters. The zero-order valence-electron chi connectivity index (χ0n) is 11.8. The SMILES string of the molecule is CC(=O)c1ccnc(N(C)CC2CC3CCC2C3)c1. The molecule has 0 aliphatic heterocycles. The van der Waals surface area contributed by atoms with Crippen LogP contribution in [-0.2, 0) is 0 Å². The van der Waals surface area contributed by atoms with E-state index in [-0.39, 0.29) is 5.78 Å². The lowest BCUT2D eigenvalue weighted by Crippen LogP contribution is -2.29. The van der Waals surface area contributed by atoms with Gasteiger partial charge in [-0.05, 0) is 56.1 Å². The number of ketones is 1. The highest BCUT2D eigenvalue weighted by Gasteiger charge is 2.39. The summed E-state index contributed by atoms with van der Waals surface area (Å²) in [5.41, 5.74) is 0.754. The lowest BCUT2D eigenvalue weighted by Gasteiger charge is -2.28. The molecule has 19 heavy (non-hydrogen) atoms. The number of hydrogen-bond donors (Lipinski definition) is 0. The van der Waals surface area contributed by atoms with Crippen molar-refractivity contribution < 1.29 is 4.79 Å². The average molecular weight is 258 g/mol. The van der Waals surface area contributed by atoms with Crippen molar-refractivity contribution in [3.63, 3.8) is 0 Å². The van der Waals surface area contributed by atoms with Crippen molar-refractivity contribution in [2.45, 2.75) is 32.6 Å². The number of aromatic nitrogens is 1. The Kier molecular flexibility index (Phi) is 3.29. The quantitative estimate of drug-likeness (QED) is 0.778. The van der Waals surface area contributed by atoms with Gasteiger partial charge in [0.1, 0.15) is 5.82 Å². The molecule has 0 amide bonds. The van der Waals surface area contributed by atoms with E-state index in [9.17, 15) is 4.79 Å². The Morgan fingerprint density at radius 3 is 2.89 bits per heavy atom. The Hall–Kier alpha value is -1.38. The number of hydrogen-bond acceptors (Lipinski definition) is 3. The smallest absolute Gasteiger partial charge is 0.159 e. The maximum atomic E-state index is 11.4. The van der Waals surface area contributed by atoms with Gasteiger partial charge in [-0.3, -0.25) is 4.79 Å². The summed E-state index contributed by atoms with van der Waals surface area (Å²) in [5.74, 6) is 3.78. The lowest BCUT2D eigenvalue weighted by atomic mass is 9.88. The fourth-order valence-corrected chi connectivity index (χ4v) is 3.89. The normalized spacial score (nSPS) is 28.6. The van der Waals surface area contributed by atoms with Gasteiger partial charge in [0.15, 0.2) is 5.78 Å². The van der Waals surface area contributed by atoms with E-state index < -0.39 is 0 Å². The molecular formula is C16H22N2O. The Labute approximate surface area is 115 Å². The number of nitrogens with zero attached hydrogens (tertiary/aromatic N) is 2. The van der Waals surface area contributed by atoms with Crippen LogP contribution in [-0.4, -0.2) is 24.4 Å². The Balaban J connectivity index is 1.68. The maximum Gasteiger partial charge on any atom is 0.159 e. The van der Waals surface area contributed by atoms with Crippen LogP contribution < -0.4 is 4.90 Å². The minimum absolute atomic E-state index is 0.108. The Morgan fingerprint density at radius 2 is 2.26 bits per heavy atom. The van der Waals surface area contributed by atoms with Crippen LogP contribution in [0.4, 0.5) is 5.82 Å². The first kappa shape index (κ1) is 12.6. The molecule has 3 unspecified atom stereocenters. The second-order valence-corrected chi connectivity index (χ2v) is 6.27. The molecule has 0 saturated heterocycles. The van der Waals surface area contributed by atoms with Crippen LogP contribution in [0.1, 0.15) is 43.0 Å². The number of pyridine rings is 1. The maximum absolute atomic E-state index is 11.4. The lowest BCUT2D eigenvalue weighted by molar-refractivity contribution is 0.101. The van der Waals surface area contributed by atoms with E-state index in [2.05, 4.69) is 16.9 Å². The van der Waals surface area contributed by atoms with Crippen molar-refractivity contribution in [3.8, 4) is 0 Å². The van der Waals surface area contributed by atoms with Gasteiger partial charge in [-0.25, -0.2) is 4.98 Å². The first-order valence-corrected chi connectivity index (χ1v) is 7.31. The van der Waals surface area contributed by atoms with Crippen LogP contribution in [0, 0.1) is 17.8 Å². The molecular weight excluding hydrogens is 236 g/mol. The number of anilines is 1. The van der Waals surface area contributed by atoms with Gasteiger partial charge in [-0.1, -0.05) is 6.42 Å². The predicted molar refractivity (Wildman–Crippen MR) is 76.4 cm³/mol. The molecule has 1 aromatic heterocycles. The zero-order valence-corrected chi connectivity index (χ0v) is 11.8. The van der Waals surface area contributed by atoms with Crippen molar-refractivity contribution in [3.05, 3.63) is 23.9 Å². The Morgan fingerprint density at radius 1 is 1.42 bits per heavy atom. The van der Waals surface area contributed by atoms with Crippen molar-refractivity contribution >= 4 is 11.6 Å². The molecule has 1 heterocycles. The van der Waals surface area contributed by atoms with Gasteiger partial charge in [0.25, 0.3) is 0 Å². The van der Waals surface area contributed by atoms with Gasteiger partial charge in [0.05, 0.1) is 0 Å². The van der Waals surface area contributed by atoms with Gasteiger partial charge < -0.3 is 4.90 Å². The molecule has 3 rings (SSSR count). The summed E-state index contributed by atoms with van der Waals surface area (Å²) in [6.07, 6.45) is 7.44. The van der Waals surface area contributed by atoms with Crippen molar-refractivity contribution in [2.75, 3.05) is 18.5 Å². The van der Waals surface area contributed by atoms with Crippen molar-refractivity contribution in [2.24, 2.45) is 17.8 Å². The molecule has 3 heteroatoms. The fraction of sp³-hybridized carbons (Fsp3) is 0.625. The first-order chi connectivity index (χ1) is 9.13. The summed E-state index contributed by atoms with van der Waals surface area (Å²) >= 11 is 0. The summed E-state index contributed by atoms with van der Waals surface area (Å²) < 4.78 is 0. The highest BCUT2D eigenvalue weighted by molar-refractivity contribution is 5.94. The van der Waals surface area contributed by atoms with Gasteiger partial charge >= 0.3 is 0 Å². The van der Waals surface area contributed by atoms with E-state index in [0.717, 1.165) is 35.7 Å². The topological polar surface area (TPSA) is 33.2 Å². The van der Waals surface area contributed by atoms with Crippen LogP contribution in [0.5, 0.6) is 0 Å². The van der Waals surface area contributed by atoms with E-state index in [1.807, 2.05) is 6.07 Å². The van der Waals surface area contributed by atoms with Crippen LogP contribution in [0.2, 0.25) is 0 Å². The van der Waals surface area contributed by atoms with Gasteiger partial charge in [-0.2, -0.15) is 0 Å². The van der Waals surface area contributed by atoms with E-state index >= 15 is 0 Å². The summed E-state index contributed by atoms with van der Waals surface area (Å²) in [7, 11) is 2.10. The van der Waals surface area contributed by atoms with E-state index in [0.29, 0.717) is 0 Å². The first-order valence-electron chi connectivity index (χ1n) is 7.31. The third kappa shape index (κ3) is 2.51. The van der Waals surface area contributed by atoms with Crippen molar-refractivity contribution in [1.82, 2.24) is 4.98 Å². The second kappa shape index (κ2) is 4.95. The van der Waals surface area contributed by atoms with Gasteiger partial charge in [-0.15, -0.1) is 0 Å². The third-order valence-corrected chi connectivity index (χ3v) is 4.94. The fourth-order valence-electron chi connectivity index (χ4n) is 3.89. The third-order valence-electron chi connectivity index (χ3n) is 4.94. The van der Waals surface area contributed by atoms with Gasteiger partial charge in [0, 0.05) is 25.4 Å². The average Bonchev–Trinajstić information content (AvgIpc) is 3.01. The highest BCUT2D eigenvalue weighted by Crippen LogP contribution is 2.48. The molecule has 0 aromatic carbocycles. The predicted octanol–water partition coefficient (Wildman–Crippen LogP) is 3.16. The van der Waals surface area contributed by atoms with E-state index in [1.165, 1.54) is 25.7 Å². The molecule has 1 aromatic rings. The molecule has 3 nitrogen and oxygen atoms in total. The van der Waals surface area contributed by atoms with Crippen LogP contribution >= 0.6 is 0 Å². The number of rotatable bonds is 4. The summed E-state index contributed by atoms with van der Waals surface area (Å²) in [6.45, 7) is 2.69. The number of Topliss-reactive ketones (excluding diaryl/α,β-unsaturated/α-hetero) is 1. The largest absolute Gasteiger partial charge is 0.359 e. The van der Waals surface area contributed by atoms with E-state index in [1.54, 1.807) is 19.2 Å². The number of carbonyl (C=O) groups excluding carboxylic acids is 1. The van der Waals surface area contributed by atoms with Crippen LogP contribution in [0.25, 0.3) is 0 Å². The highest BCUT2D eigenvalue weighted by atomic mass is 16.1. The standard InChI is InChI=1S/C16H22N2O/c1-11(19)13-5-6-17-16(9-13)18(2)10-15-8-12-3-4-14(15)7-12/h5-6,9,12,14-15H,3-4,7-8,10H2,1-2H3. The molecule has 2 bridgehead atoms. The molecule has 102 valence electrons. The molecule has 0 N–H and O–H groups in total. The summed E-state index contributed by atoms with van der Waals surface area (Å²) in [5, 5.41) is 0. The van der Waals surface area contributed by atoms with Crippen molar-refractivity contribution in [1.29, 1.82) is 0 Å². The van der Waals surface area contributed by atoms with Crippen LogP contribution in [0.15, 0.2) is 18.3 Å². The summed E-state index contributed by atoms with van der Waals surface area (Å²) in [4.78, 5) is 18.0. The number of fused-ring (bicyclic) bond motifs is 2. The van der Waals surface area contributed by atoms with Gasteiger partial charge in [0.2, 0.25) is 0 Å². The molecule has 0 radical (unpaired) electrons. The molecule has 2 fully saturated rings. The molecule has 2 aliphatic rings. The number of carbonyl (C=O) groups is 1. The summed E-state index contributed by atoms with van der Waals surface area (Å²) in [6, 6.07) is 3.70. The molecule has 2 saturated carbocycles. The molecule has 0 spiro atoms. The zero-order chi connectivity index (χ0) is 13.4. The second-order valence-electron chi connectivity index (χ2n) is 6.27. The molecule has 2 aliphatic carbocycles. The van der Waals surface area contributed by atoms with Crippen LogP contribution in [0.3, 0.4) is 0 Å². The Bertz CT molecular complexity index is 485. The minimum atomic E-state index is 0.108. The monoisotopic (exact) mass is 258 g/mol. The van der Waals surface area contributed by atoms with E-state index in [4.69, 9.17) is 0 Å². The minimum Gasteiger partial charge on any atom is -0.359 e.